The van der Waals surface area contributed by atoms with Crippen LogP contribution in [0.25, 0.3) is 11.1 Å². The Morgan fingerprint density at radius 2 is 1.71 bits per heavy atom. The number of carbonyl (C=O) groups excluding carboxylic acids is 1. The van der Waals surface area contributed by atoms with E-state index in [1.54, 1.807) is 30.3 Å². The van der Waals surface area contributed by atoms with E-state index in [1.807, 2.05) is 0 Å². The Bertz CT molecular complexity index is 636. The molecule has 0 atom stereocenters. The molecule has 0 saturated carbocycles. The molecule has 2 rings (SSSR count). The van der Waals surface area contributed by atoms with Crippen molar-refractivity contribution in [2.45, 2.75) is 19.0 Å². The summed E-state index contributed by atoms with van der Waals surface area (Å²) in [6.07, 6.45) is -3.98. The van der Waals surface area contributed by atoms with Crippen molar-refractivity contribution in [1.29, 1.82) is 0 Å². The molecule has 21 heavy (non-hydrogen) atoms. The van der Waals surface area contributed by atoms with Crippen LogP contribution < -0.4 is 5.73 Å². The first-order valence-corrected chi connectivity index (χ1v) is 6.42. The molecule has 0 bridgehead atoms. The van der Waals surface area contributed by atoms with E-state index < -0.39 is 17.6 Å². The predicted molar refractivity (Wildman–Crippen MR) is 74.4 cm³/mol. The molecule has 0 spiro atoms. The van der Waals surface area contributed by atoms with Crippen LogP contribution in [0.3, 0.4) is 0 Å². The maximum atomic E-state index is 12.9. The van der Waals surface area contributed by atoms with Crippen molar-refractivity contribution in [2.24, 2.45) is 5.73 Å². The van der Waals surface area contributed by atoms with Crippen molar-refractivity contribution in [3.8, 4) is 11.1 Å². The first kappa shape index (κ1) is 15.1. The van der Waals surface area contributed by atoms with Crippen LogP contribution in [0, 0.1) is 0 Å². The summed E-state index contributed by atoms with van der Waals surface area (Å²) in [5.41, 5.74) is 6.24. The zero-order valence-electron chi connectivity index (χ0n) is 11.2. The van der Waals surface area contributed by atoms with Crippen LogP contribution in [0.15, 0.2) is 48.5 Å². The van der Waals surface area contributed by atoms with Gasteiger partial charge in [0.2, 0.25) is 5.91 Å². The van der Waals surface area contributed by atoms with Gasteiger partial charge in [0.05, 0.1) is 5.56 Å². The number of primary amides is 1. The third-order valence-corrected chi connectivity index (χ3v) is 3.16. The number of aryl methyl sites for hydroxylation is 1. The second-order valence-corrected chi connectivity index (χ2v) is 4.70. The lowest BCUT2D eigenvalue weighted by Gasteiger charge is -2.13. The molecule has 0 aromatic heterocycles. The molecule has 2 N–H and O–H groups in total. The number of hydrogen-bond acceptors (Lipinski definition) is 1. The Hall–Kier alpha value is -2.30. The Morgan fingerprint density at radius 1 is 1.05 bits per heavy atom. The molecule has 1 amide bonds. The number of carbonyl (C=O) groups is 1. The zero-order chi connectivity index (χ0) is 15.5. The molecule has 110 valence electrons. The van der Waals surface area contributed by atoms with Gasteiger partial charge in [-0.05, 0) is 35.2 Å². The molecule has 0 aliphatic heterocycles. The molecule has 2 aromatic rings. The second kappa shape index (κ2) is 5.99. The molecule has 0 unspecified atom stereocenters. The summed E-state index contributed by atoms with van der Waals surface area (Å²) < 4.78 is 38.6. The Balaban J connectivity index is 2.48. The standard InChI is InChI=1S/C16H14F3NO/c17-16(18,19)13-8-6-12(7-9-15(20)21)14(10-13)11-4-2-1-3-5-11/h1-6,8,10H,7,9H2,(H2,20,21). The number of rotatable bonds is 4. The highest BCUT2D eigenvalue weighted by Crippen LogP contribution is 2.34. The topological polar surface area (TPSA) is 43.1 Å². The van der Waals surface area contributed by atoms with Gasteiger partial charge < -0.3 is 5.73 Å². The van der Waals surface area contributed by atoms with E-state index >= 15 is 0 Å². The fourth-order valence-electron chi connectivity index (χ4n) is 2.12. The summed E-state index contributed by atoms with van der Waals surface area (Å²) in [4.78, 5) is 10.9. The van der Waals surface area contributed by atoms with E-state index in [2.05, 4.69) is 0 Å². The number of nitrogens with two attached hydrogens (primary N) is 1. The SMILES string of the molecule is NC(=O)CCc1ccc(C(F)(F)F)cc1-c1ccccc1. The third kappa shape index (κ3) is 3.84. The first-order chi connectivity index (χ1) is 9.88. The minimum Gasteiger partial charge on any atom is -0.370 e. The maximum absolute atomic E-state index is 12.9. The van der Waals surface area contributed by atoms with Gasteiger partial charge in [-0.3, -0.25) is 4.79 Å². The van der Waals surface area contributed by atoms with E-state index in [9.17, 15) is 18.0 Å². The van der Waals surface area contributed by atoms with Crippen molar-refractivity contribution in [2.75, 3.05) is 0 Å². The highest BCUT2D eigenvalue weighted by Gasteiger charge is 2.31. The molecule has 5 heteroatoms. The summed E-state index contributed by atoms with van der Waals surface area (Å²) in [6.45, 7) is 0. The number of amides is 1. The van der Waals surface area contributed by atoms with Gasteiger partial charge in [-0.2, -0.15) is 13.2 Å². The minimum absolute atomic E-state index is 0.102. The van der Waals surface area contributed by atoms with Gasteiger partial charge in [0, 0.05) is 6.42 Å². The maximum Gasteiger partial charge on any atom is 0.416 e. The summed E-state index contributed by atoms with van der Waals surface area (Å²) in [7, 11) is 0. The molecular formula is C16H14F3NO. The van der Waals surface area contributed by atoms with Gasteiger partial charge in [0.1, 0.15) is 0 Å². The quantitative estimate of drug-likeness (QED) is 0.915. The molecule has 0 saturated heterocycles. The molecule has 0 fully saturated rings. The van der Waals surface area contributed by atoms with Crippen LogP contribution >= 0.6 is 0 Å². The van der Waals surface area contributed by atoms with E-state index in [0.29, 0.717) is 23.1 Å². The summed E-state index contributed by atoms with van der Waals surface area (Å²) in [6, 6.07) is 12.3. The highest BCUT2D eigenvalue weighted by atomic mass is 19.4. The van der Waals surface area contributed by atoms with Crippen LogP contribution in [-0.2, 0) is 17.4 Å². The fraction of sp³-hybridized carbons (Fsp3) is 0.188. The molecule has 0 heterocycles. The Kier molecular flexibility index (Phi) is 4.31. The fourth-order valence-corrected chi connectivity index (χ4v) is 2.12. The average molecular weight is 293 g/mol. The number of hydrogen-bond donors (Lipinski definition) is 1. The van der Waals surface area contributed by atoms with Crippen molar-refractivity contribution in [3.63, 3.8) is 0 Å². The third-order valence-electron chi connectivity index (χ3n) is 3.16. The van der Waals surface area contributed by atoms with Gasteiger partial charge in [0.15, 0.2) is 0 Å². The van der Waals surface area contributed by atoms with Gasteiger partial charge in [0.25, 0.3) is 0 Å². The van der Waals surface area contributed by atoms with E-state index in [-0.39, 0.29) is 6.42 Å². The van der Waals surface area contributed by atoms with Crippen LogP contribution in [0.1, 0.15) is 17.5 Å². The summed E-state index contributed by atoms with van der Waals surface area (Å²) >= 11 is 0. The van der Waals surface area contributed by atoms with Gasteiger partial charge in [-0.15, -0.1) is 0 Å². The first-order valence-electron chi connectivity index (χ1n) is 6.42. The average Bonchev–Trinajstić information content (AvgIpc) is 2.45. The monoisotopic (exact) mass is 293 g/mol. The highest BCUT2D eigenvalue weighted by molar-refractivity contribution is 5.75. The lowest BCUT2D eigenvalue weighted by atomic mass is 9.94. The second-order valence-electron chi connectivity index (χ2n) is 4.70. The predicted octanol–water partition coefficient (Wildman–Crippen LogP) is 3.79. The Morgan fingerprint density at radius 3 is 2.29 bits per heavy atom. The molecule has 2 nitrogen and oxygen atoms in total. The molecule has 0 aliphatic rings. The van der Waals surface area contributed by atoms with Crippen LogP contribution in [0.2, 0.25) is 0 Å². The normalized spacial score (nSPS) is 11.4. The van der Waals surface area contributed by atoms with Crippen molar-refractivity contribution in [3.05, 3.63) is 59.7 Å². The van der Waals surface area contributed by atoms with Crippen LogP contribution in [-0.4, -0.2) is 5.91 Å². The number of benzene rings is 2. The number of halogens is 3. The molecule has 0 aliphatic carbocycles. The van der Waals surface area contributed by atoms with Gasteiger partial charge in [-0.25, -0.2) is 0 Å². The smallest absolute Gasteiger partial charge is 0.370 e. The van der Waals surface area contributed by atoms with Crippen molar-refractivity contribution in [1.82, 2.24) is 0 Å². The summed E-state index contributed by atoms with van der Waals surface area (Å²) in [5.74, 6) is -0.478. The van der Waals surface area contributed by atoms with E-state index in [1.165, 1.54) is 6.07 Å². The van der Waals surface area contributed by atoms with Gasteiger partial charge in [-0.1, -0.05) is 36.4 Å². The zero-order valence-corrected chi connectivity index (χ0v) is 11.2. The minimum atomic E-state index is -4.40. The van der Waals surface area contributed by atoms with Crippen molar-refractivity contribution < 1.29 is 18.0 Å². The van der Waals surface area contributed by atoms with Crippen molar-refractivity contribution >= 4 is 5.91 Å². The number of alkyl halides is 3. The van der Waals surface area contributed by atoms with Crippen LogP contribution in [0.4, 0.5) is 13.2 Å². The molecule has 0 radical (unpaired) electrons. The Labute approximate surface area is 120 Å². The van der Waals surface area contributed by atoms with Crippen LogP contribution in [0.5, 0.6) is 0 Å². The lowest BCUT2D eigenvalue weighted by molar-refractivity contribution is -0.137. The summed E-state index contributed by atoms with van der Waals surface area (Å²) in [5, 5.41) is 0. The molecule has 2 aromatic carbocycles. The molecular weight excluding hydrogens is 279 g/mol. The van der Waals surface area contributed by atoms with E-state index in [4.69, 9.17) is 5.73 Å². The van der Waals surface area contributed by atoms with E-state index in [0.717, 1.165) is 12.1 Å². The largest absolute Gasteiger partial charge is 0.416 e. The lowest BCUT2D eigenvalue weighted by Crippen LogP contribution is -2.12. The van der Waals surface area contributed by atoms with Gasteiger partial charge >= 0.3 is 6.18 Å².